The third-order valence-corrected chi connectivity index (χ3v) is 2.72. The molecule has 124 valence electrons. The minimum Gasteiger partial charge on any atom is -0.445 e. The van der Waals surface area contributed by atoms with Crippen LogP contribution in [0.1, 0.15) is 26.3 Å². The molecule has 1 aromatic carbocycles. The highest BCUT2D eigenvalue weighted by atomic mass is 16.5. The molecule has 1 rings (SSSR count). The molecular weight excluding hydrogens is 298 g/mol. The zero-order valence-electron chi connectivity index (χ0n) is 13.5. The van der Waals surface area contributed by atoms with E-state index in [-0.39, 0.29) is 13.2 Å². The standard InChI is InChI=1S/C16H21N3O4/c1-16(2,3)23-11-13(14(20)9-18-17)19-15(21)22-10-12-7-5-4-6-8-12/h4-9,13H,10-11H2,1-3H3,(H,19,21)/t13-/m0/s1. The van der Waals surface area contributed by atoms with Crippen LogP contribution in [-0.2, 0) is 20.9 Å². The van der Waals surface area contributed by atoms with Gasteiger partial charge in [-0.1, -0.05) is 30.3 Å². The lowest BCUT2D eigenvalue weighted by Crippen LogP contribution is -2.46. The number of hydrogen-bond acceptors (Lipinski definition) is 4. The molecule has 0 unspecified atom stereocenters. The number of alkyl carbamates (subject to hydrolysis) is 1. The summed E-state index contributed by atoms with van der Waals surface area (Å²) in [6.07, 6.45) is -0.0372. The van der Waals surface area contributed by atoms with Crippen molar-refractivity contribution in [1.29, 1.82) is 0 Å². The van der Waals surface area contributed by atoms with Crippen LogP contribution >= 0.6 is 0 Å². The van der Waals surface area contributed by atoms with Gasteiger partial charge in [0.1, 0.15) is 12.6 Å². The number of ketones is 1. The minimum atomic E-state index is -0.992. The third-order valence-electron chi connectivity index (χ3n) is 2.72. The van der Waals surface area contributed by atoms with Crippen LogP contribution in [0.2, 0.25) is 0 Å². The van der Waals surface area contributed by atoms with E-state index in [2.05, 4.69) is 10.1 Å². The molecule has 0 radical (unpaired) electrons. The Balaban J connectivity index is 2.58. The smallest absolute Gasteiger partial charge is 0.408 e. The summed E-state index contributed by atoms with van der Waals surface area (Å²) in [5.41, 5.74) is 8.81. The number of nitrogens with one attached hydrogen (secondary N) is 1. The van der Waals surface area contributed by atoms with Crippen LogP contribution in [0.25, 0.3) is 5.53 Å². The maximum atomic E-state index is 11.8. The molecule has 0 heterocycles. The lowest BCUT2D eigenvalue weighted by molar-refractivity contribution is -0.120. The van der Waals surface area contributed by atoms with Crippen molar-refractivity contribution < 1.29 is 23.9 Å². The molecule has 1 amide bonds. The molecule has 7 heteroatoms. The van der Waals surface area contributed by atoms with Crippen LogP contribution in [-0.4, -0.2) is 41.1 Å². The van der Waals surface area contributed by atoms with Crippen molar-refractivity contribution in [1.82, 2.24) is 5.32 Å². The predicted octanol–water partition coefficient (Wildman–Crippen LogP) is 1.97. The van der Waals surface area contributed by atoms with Gasteiger partial charge in [-0.25, -0.2) is 4.79 Å². The SMILES string of the molecule is CC(C)(C)OC[C@H](NC(=O)OCc1ccccc1)C(=O)C=[N+]=[N-]. The van der Waals surface area contributed by atoms with E-state index in [1.807, 2.05) is 51.1 Å². The zero-order valence-corrected chi connectivity index (χ0v) is 13.5. The molecule has 0 saturated heterocycles. The summed E-state index contributed by atoms with van der Waals surface area (Å²) in [6.45, 7) is 5.49. The van der Waals surface area contributed by atoms with E-state index in [4.69, 9.17) is 15.0 Å². The lowest BCUT2D eigenvalue weighted by Gasteiger charge is -2.23. The highest BCUT2D eigenvalue weighted by Crippen LogP contribution is 2.07. The second-order valence-electron chi connectivity index (χ2n) is 5.83. The number of nitrogens with zero attached hydrogens (tertiary/aromatic N) is 2. The monoisotopic (exact) mass is 319 g/mol. The summed E-state index contributed by atoms with van der Waals surface area (Å²) in [6, 6.07) is 8.16. The molecule has 1 atom stereocenters. The van der Waals surface area contributed by atoms with E-state index < -0.39 is 23.5 Å². The van der Waals surface area contributed by atoms with Gasteiger partial charge in [-0.2, -0.15) is 4.79 Å². The van der Waals surface area contributed by atoms with Crippen LogP contribution in [0.4, 0.5) is 4.79 Å². The molecule has 0 aliphatic heterocycles. The molecule has 7 nitrogen and oxygen atoms in total. The second kappa shape index (κ2) is 8.82. The zero-order chi connectivity index (χ0) is 17.3. The Morgan fingerprint density at radius 2 is 1.96 bits per heavy atom. The maximum absolute atomic E-state index is 11.8. The van der Waals surface area contributed by atoms with E-state index in [0.29, 0.717) is 6.21 Å². The van der Waals surface area contributed by atoms with Gasteiger partial charge in [0.25, 0.3) is 5.78 Å². The quantitative estimate of drug-likeness (QED) is 0.471. The van der Waals surface area contributed by atoms with Crippen molar-refractivity contribution in [2.24, 2.45) is 0 Å². The van der Waals surface area contributed by atoms with Crippen molar-refractivity contribution in [2.45, 2.75) is 39.0 Å². The van der Waals surface area contributed by atoms with Crippen LogP contribution in [0, 0.1) is 0 Å². The van der Waals surface area contributed by atoms with Gasteiger partial charge < -0.3 is 20.3 Å². The van der Waals surface area contributed by atoms with Gasteiger partial charge in [0.2, 0.25) is 0 Å². The molecule has 0 aromatic heterocycles. The van der Waals surface area contributed by atoms with E-state index >= 15 is 0 Å². The van der Waals surface area contributed by atoms with Crippen LogP contribution in [0.5, 0.6) is 0 Å². The summed E-state index contributed by atoms with van der Waals surface area (Å²) < 4.78 is 10.5. The molecule has 0 spiro atoms. The maximum Gasteiger partial charge on any atom is 0.408 e. The first-order chi connectivity index (χ1) is 10.8. The number of carbonyl (C=O) groups excluding carboxylic acids is 2. The molecule has 0 fully saturated rings. The average molecular weight is 319 g/mol. The average Bonchev–Trinajstić information content (AvgIpc) is 2.49. The number of amides is 1. The first kappa shape index (κ1) is 18.5. The highest BCUT2D eigenvalue weighted by molar-refractivity contribution is 6.28. The van der Waals surface area contributed by atoms with Crippen LogP contribution in [0.15, 0.2) is 30.3 Å². The number of benzene rings is 1. The minimum absolute atomic E-state index is 0.0607. The summed E-state index contributed by atoms with van der Waals surface area (Å²) in [4.78, 5) is 26.3. The van der Waals surface area contributed by atoms with E-state index in [9.17, 15) is 9.59 Å². The summed E-state index contributed by atoms with van der Waals surface area (Å²) in [7, 11) is 0. The highest BCUT2D eigenvalue weighted by Gasteiger charge is 2.25. The predicted molar refractivity (Wildman–Crippen MR) is 83.9 cm³/mol. The van der Waals surface area contributed by atoms with Gasteiger partial charge in [-0.3, -0.25) is 4.79 Å². The molecular formula is C16H21N3O4. The number of rotatable bonds is 7. The molecule has 23 heavy (non-hydrogen) atoms. The Labute approximate surface area is 135 Å². The van der Waals surface area contributed by atoms with Gasteiger partial charge in [-0.05, 0) is 26.3 Å². The topological polar surface area (TPSA) is 101 Å². The molecule has 0 aliphatic rings. The first-order valence-corrected chi connectivity index (χ1v) is 7.14. The Bertz CT molecular complexity index is 575. The second-order valence-corrected chi connectivity index (χ2v) is 5.83. The van der Waals surface area contributed by atoms with Gasteiger partial charge >= 0.3 is 12.3 Å². The van der Waals surface area contributed by atoms with E-state index in [1.165, 1.54) is 0 Å². The summed E-state index contributed by atoms with van der Waals surface area (Å²) >= 11 is 0. The van der Waals surface area contributed by atoms with Gasteiger partial charge in [0.05, 0.1) is 12.2 Å². The van der Waals surface area contributed by atoms with Gasteiger partial charge in [0.15, 0.2) is 0 Å². The Morgan fingerprint density at radius 1 is 1.30 bits per heavy atom. The Morgan fingerprint density at radius 3 is 2.52 bits per heavy atom. The molecule has 1 aromatic rings. The van der Waals surface area contributed by atoms with Crippen LogP contribution < -0.4 is 5.32 Å². The number of hydrogen-bond donors (Lipinski definition) is 1. The number of carbonyl (C=O) groups is 2. The molecule has 0 bridgehead atoms. The van der Waals surface area contributed by atoms with Crippen molar-refractivity contribution in [3.63, 3.8) is 0 Å². The number of ether oxygens (including phenoxy) is 2. The van der Waals surface area contributed by atoms with Crippen molar-refractivity contribution >= 4 is 18.1 Å². The Kier molecular flexibility index (Phi) is 7.12. The fourth-order valence-corrected chi connectivity index (χ4v) is 1.58. The lowest BCUT2D eigenvalue weighted by atomic mass is 10.1. The fraction of sp³-hybridized carbons (Fsp3) is 0.438. The normalized spacial score (nSPS) is 12.0. The largest absolute Gasteiger partial charge is 0.445 e. The number of Topliss-reactive ketones (excluding diaryl/α,β-unsaturated/α-hetero) is 1. The van der Waals surface area contributed by atoms with E-state index in [0.717, 1.165) is 5.56 Å². The third kappa shape index (κ3) is 7.90. The first-order valence-electron chi connectivity index (χ1n) is 7.14. The van der Waals surface area contributed by atoms with Crippen molar-refractivity contribution in [3.8, 4) is 0 Å². The van der Waals surface area contributed by atoms with Gasteiger partial charge in [0, 0.05) is 0 Å². The molecule has 1 N–H and O–H groups in total. The van der Waals surface area contributed by atoms with Crippen LogP contribution in [0.3, 0.4) is 0 Å². The fourth-order valence-electron chi connectivity index (χ4n) is 1.58. The summed E-state index contributed by atoms with van der Waals surface area (Å²) in [5, 5.41) is 2.41. The van der Waals surface area contributed by atoms with E-state index in [1.54, 1.807) is 0 Å². The molecule has 0 aliphatic carbocycles. The van der Waals surface area contributed by atoms with Gasteiger partial charge in [-0.15, -0.1) is 0 Å². The summed E-state index contributed by atoms with van der Waals surface area (Å²) in [5.74, 6) is -0.589. The van der Waals surface area contributed by atoms with Crippen molar-refractivity contribution in [3.05, 3.63) is 41.4 Å². The Hall–Kier alpha value is -2.50. The molecule has 0 saturated carbocycles. The van der Waals surface area contributed by atoms with Crippen molar-refractivity contribution in [2.75, 3.05) is 6.61 Å².